The summed E-state index contributed by atoms with van der Waals surface area (Å²) in [7, 11) is 0. The molecule has 1 aliphatic heterocycles. The molecule has 4 heteroatoms. The lowest BCUT2D eigenvalue weighted by Crippen LogP contribution is -2.61. The Hall–Kier alpha value is -0.450. The van der Waals surface area contributed by atoms with Crippen LogP contribution in [0.25, 0.3) is 0 Å². The van der Waals surface area contributed by atoms with Gasteiger partial charge in [-0.2, -0.15) is 0 Å². The van der Waals surface area contributed by atoms with Gasteiger partial charge in [-0.1, -0.05) is 15.9 Å². The van der Waals surface area contributed by atoms with Gasteiger partial charge in [0, 0.05) is 10.0 Å². The summed E-state index contributed by atoms with van der Waals surface area (Å²) in [5.74, 6) is -0.298. The molecule has 1 aliphatic rings. The van der Waals surface area contributed by atoms with Crippen LogP contribution < -0.4 is 0 Å². The molecule has 2 rings (SSSR count). The molecule has 16 heavy (non-hydrogen) atoms. The molecule has 1 heterocycles. The zero-order chi connectivity index (χ0) is 12.0. The molecule has 88 valence electrons. The Labute approximate surface area is 103 Å². The van der Waals surface area contributed by atoms with Crippen molar-refractivity contribution in [3.63, 3.8) is 0 Å². The first kappa shape index (κ1) is 12.0. The SMILES string of the molecule is CC(C)(O)C1(c2cc(Br)ccc2F)COC1. The highest BCUT2D eigenvalue weighted by Crippen LogP contribution is 2.43. The minimum absolute atomic E-state index is 0.298. The van der Waals surface area contributed by atoms with Gasteiger partial charge >= 0.3 is 0 Å². The highest BCUT2D eigenvalue weighted by Gasteiger charge is 2.52. The molecule has 1 fully saturated rings. The summed E-state index contributed by atoms with van der Waals surface area (Å²) < 4.78 is 19.8. The molecule has 0 saturated carbocycles. The molecule has 0 spiro atoms. The van der Waals surface area contributed by atoms with Gasteiger partial charge in [-0.25, -0.2) is 4.39 Å². The topological polar surface area (TPSA) is 29.5 Å². The van der Waals surface area contributed by atoms with Crippen LogP contribution in [0, 0.1) is 5.82 Å². The summed E-state index contributed by atoms with van der Waals surface area (Å²) >= 11 is 3.32. The Morgan fingerprint density at radius 2 is 2.06 bits per heavy atom. The standard InChI is InChI=1S/C12H14BrFO2/c1-11(2,15)12(6-16-7-12)9-5-8(13)3-4-10(9)14/h3-5,15H,6-7H2,1-2H3. The number of rotatable bonds is 2. The van der Waals surface area contributed by atoms with E-state index in [1.165, 1.54) is 6.07 Å². The Morgan fingerprint density at radius 1 is 1.44 bits per heavy atom. The molecule has 1 N–H and O–H groups in total. The van der Waals surface area contributed by atoms with Crippen LogP contribution in [0.5, 0.6) is 0 Å². The second-order valence-corrected chi connectivity index (χ2v) is 5.67. The summed E-state index contributed by atoms with van der Waals surface area (Å²) in [4.78, 5) is 0. The van der Waals surface area contributed by atoms with E-state index >= 15 is 0 Å². The van der Waals surface area contributed by atoms with E-state index in [1.54, 1.807) is 26.0 Å². The van der Waals surface area contributed by atoms with Crippen LogP contribution in [0.3, 0.4) is 0 Å². The van der Waals surface area contributed by atoms with Crippen LogP contribution in [-0.4, -0.2) is 23.9 Å². The number of benzene rings is 1. The fourth-order valence-electron chi connectivity index (χ4n) is 2.01. The van der Waals surface area contributed by atoms with Crippen molar-refractivity contribution in [2.45, 2.75) is 24.9 Å². The van der Waals surface area contributed by atoms with Gasteiger partial charge in [0.15, 0.2) is 0 Å². The third kappa shape index (κ3) is 1.69. The molecule has 0 atom stereocenters. The number of halogens is 2. The van der Waals surface area contributed by atoms with Crippen LogP contribution in [0.4, 0.5) is 4.39 Å². The molecular formula is C12H14BrFO2. The monoisotopic (exact) mass is 288 g/mol. The van der Waals surface area contributed by atoms with E-state index < -0.39 is 11.0 Å². The van der Waals surface area contributed by atoms with Gasteiger partial charge in [-0.05, 0) is 32.0 Å². The predicted molar refractivity (Wildman–Crippen MR) is 62.9 cm³/mol. The van der Waals surface area contributed by atoms with Crippen molar-refractivity contribution in [2.24, 2.45) is 0 Å². The first-order valence-corrected chi connectivity index (χ1v) is 5.92. The third-order valence-corrected chi connectivity index (χ3v) is 3.81. The number of ether oxygens (including phenoxy) is 1. The van der Waals surface area contributed by atoms with Crippen LogP contribution >= 0.6 is 15.9 Å². The van der Waals surface area contributed by atoms with Gasteiger partial charge in [0.2, 0.25) is 0 Å². The summed E-state index contributed by atoms with van der Waals surface area (Å²) in [6.45, 7) is 4.08. The normalized spacial score (nSPS) is 19.3. The molecule has 1 aromatic rings. The highest BCUT2D eigenvalue weighted by atomic mass is 79.9. The van der Waals surface area contributed by atoms with E-state index in [1.807, 2.05) is 0 Å². The second-order valence-electron chi connectivity index (χ2n) is 4.76. The maximum Gasteiger partial charge on any atom is 0.127 e. The van der Waals surface area contributed by atoms with Crippen molar-refractivity contribution in [1.82, 2.24) is 0 Å². The Morgan fingerprint density at radius 3 is 2.50 bits per heavy atom. The van der Waals surface area contributed by atoms with Crippen LogP contribution in [0.2, 0.25) is 0 Å². The first-order chi connectivity index (χ1) is 7.37. The van der Waals surface area contributed by atoms with E-state index in [9.17, 15) is 9.50 Å². The molecule has 0 unspecified atom stereocenters. The number of hydrogen-bond acceptors (Lipinski definition) is 2. The molecule has 1 aromatic carbocycles. The van der Waals surface area contributed by atoms with E-state index in [4.69, 9.17) is 4.74 Å². The van der Waals surface area contributed by atoms with Gasteiger partial charge in [-0.3, -0.25) is 0 Å². The van der Waals surface area contributed by atoms with E-state index in [-0.39, 0.29) is 5.82 Å². The molecule has 0 amide bonds. The van der Waals surface area contributed by atoms with Gasteiger partial charge in [0.05, 0.1) is 24.2 Å². The summed E-state index contributed by atoms with van der Waals surface area (Å²) in [6, 6.07) is 4.78. The quantitative estimate of drug-likeness (QED) is 0.907. The van der Waals surface area contributed by atoms with Gasteiger partial charge in [0.1, 0.15) is 5.82 Å². The molecule has 0 bridgehead atoms. The number of aliphatic hydroxyl groups is 1. The molecular weight excluding hydrogens is 275 g/mol. The first-order valence-electron chi connectivity index (χ1n) is 5.12. The van der Waals surface area contributed by atoms with Gasteiger partial charge in [0.25, 0.3) is 0 Å². The maximum atomic E-state index is 13.8. The lowest BCUT2D eigenvalue weighted by molar-refractivity contribution is -0.158. The van der Waals surface area contributed by atoms with Gasteiger partial charge in [-0.15, -0.1) is 0 Å². The average Bonchev–Trinajstić information content (AvgIpc) is 2.06. The van der Waals surface area contributed by atoms with Gasteiger partial charge < -0.3 is 9.84 Å². The summed E-state index contributed by atoms with van der Waals surface area (Å²) in [5.41, 5.74) is -1.13. The van der Waals surface area contributed by atoms with Crippen LogP contribution in [-0.2, 0) is 10.2 Å². The minimum Gasteiger partial charge on any atom is -0.389 e. The van der Waals surface area contributed by atoms with E-state index in [2.05, 4.69) is 15.9 Å². The zero-order valence-corrected chi connectivity index (χ0v) is 10.8. The van der Waals surface area contributed by atoms with Crippen molar-refractivity contribution < 1.29 is 14.2 Å². The molecule has 1 saturated heterocycles. The number of hydrogen-bond donors (Lipinski definition) is 1. The summed E-state index contributed by atoms with van der Waals surface area (Å²) in [5, 5.41) is 10.2. The second kappa shape index (κ2) is 3.79. The fourth-order valence-corrected chi connectivity index (χ4v) is 2.37. The van der Waals surface area contributed by atoms with E-state index in [0.29, 0.717) is 18.8 Å². The van der Waals surface area contributed by atoms with Crippen molar-refractivity contribution in [3.05, 3.63) is 34.1 Å². The Kier molecular flexibility index (Phi) is 2.85. The Bertz CT molecular complexity index is 408. The Balaban J connectivity index is 2.53. The van der Waals surface area contributed by atoms with E-state index in [0.717, 1.165) is 4.47 Å². The molecule has 0 aliphatic carbocycles. The minimum atomic E-state index is -1.01. The lowest BCUT2D eigenvalue weighted by Gasteiger charge is -2.50. The lowest BCUT2D eigenvalue weighted by atomic mass is 9.67. The average molecular weight is 289 g/mol. The predicted octanol–water partition coefficient (Wildman–Crippen LogP) is 2.63. The maximum absolute atomic E-state index is 13.8. The van der Waals surface area contributed by atoms with Crippen molar-refractivity contribution in [3.8, 4) is 0 Å². The van der Waals surface area contributed by atoms with Crippen molar-refractivity contribution in [1.29, 1.82) is 0 Å². The van der Waals surface area contributed by atoms with Crippen molar-refractivity contribution >= 4 is 15.9 Å². The largest absolute Gasteiger partial charge is 0.389 e. The van der Waals surface area contributed by atoms with Crippen LogP contribution in [0.1, 0.15) is 19.4 Å². The van der Waals surface area contributed by atoms with Crippen LogP contribution in [0.15, 0.2) is 22.7 Å². The summed E-state index contributed by atoms with van der Waals surface area (Å²) in [6.07, 6.45) is 0. The van der Waals surface area contributed by atoms with Crippen molar-refractivity contribution in [2.75, 3.05) is 13.2 Å². The third-order valence-electron chi connectivity index (χ3n) is 3.31. The molecule has 0 aromatic heterocycles. The highest BCUT2D eigenvalue weighted by molar-refractivity contribution is 9.10. The molecule has 2 nitrogen and oxygen atoms in total. The zero-order valence-electron chi connectivity index (χ0n) is 9.26. The molecule has 0 radical (unpaired) electrons. The smallest absolute Gasteiger partial charge is 0.127 e. The fraction of sp³-hybridized carbons (Fsp3) is 0.500.